The number of sulfonamides is 1. The molecule has 0 saturated carbocycles. The third kappa shape index (κ3) is 3.75. The number of aromatic amines is 1. The van der Waals surface area contributed by atoms with Crippen LogP contribution in [0.15, 0.2) is 12.4 Å². The lowest BCUT2D eigenvalue weighted by Gasteiger charge is -2.05. The van der Waals surface area contributed by atoms with Crippen LogP contribution in [0.5, 0.6) is 0 Å². The molecule has 0 unspecified atom stereocenters. The van der Waals surface area contributed by atoms with Crippen LogP contribution in [-0.2, 0) is 10.0 Å². The number of nitrogens with zero attached hydrogens (tertiary/aromatic N) is 1. The molecule has 1 heterocycles. The van der Waals surface area contributed by atoms with E-state index in [1.54, 1.807) is 0 Å². The molecule has 0 aromatic carbocycles. The number of nitrogens with one attached hydrogen (secondary N) is 3. The van der Waals surface area contributed by atoms with E-state index in [1.807, 2.05) is 6.92 Å². The van der Waals surface area contributed by atoms with Crippen LogP contribution in [0, 0.1) is 0 Å². The van der Waals surface area contributed by atoms with E-state index < -0.39 is 10.0 Å². The van der Waals surface area contributed by atoms with Crippen molar-refractivity contribution in [1.82, 2.24) is 15.5 Å². The summed E-state index contributed by atoms with van der Waals surface area (Å²) in [4.78, 5) is 0. The van der Waals surface area contributed by atoms with Crippen LogP contribution >= 0.6 is 0 Å². The van der Waals surface area contributed by atoms with E-state index in [1.165, 1.54) is 12.4 Å². The largest absolute Gasteiger partial charge is 0.316 e. The number of hydrogen-bond donors (Lipinski definition) is 3. The van der Waals surface area contributed by atoms with E-state index >= 15 is 0 Å². The summed E-state index contributed by atoms with van der Waals surface area (Å²) in [5, 5.41) is 9.10. The maximum atomic E-state index is 11.4. The summed E-state index contributed by atoms with van der Waals surface area (Å²) in [6, 6.07) is 0. The second-order valence-electron chi connectivity index (χ2n) is 2.76. The highest BCUT2D eigenvalue weighted by Crippen LogP contribution is 2.04. The van der Waals surface area contributed by atoms with Gasteiger partial charge in [-0.1, -0.05) is 6.92 Å². The lowest BCUT2D eigenvalue weighted by atomic mass is 10.6. The highest BCUT2D eigenvalue weighted by molar-refractivity contribution is 7.92. The fourth-order valence-electron chi connectivity index (χ4n) is 0.921. The predicted molar refractivity (Wildman–Crippen MR) is 54.5 cm³/mol. The second kappa shape index (κ2) is 4.97. The first-order valence-electron chi connectivity index (χ1n) is 4.34. The number of H-pyrrole nitrogens is 1. The Morgan fingerprint density at radius 1 is 1.57 bits per heavy atom. The molecule has 3 N–H and O–H groups in total. The molecule has 1 rings (SSSR count). The van der Waals surface area contributed by atoms with Crippen LogP contribution in [0.2, 0.25) is 0 Å². The second-order valence-corrected chi connectivity index (χ2v) is 4.60. The average Bonchev–Trinajstić information content (AvgIpc) is 2.56. The molecule has 0 spiro atoms. The molecule has 0 aliphatic heterocycles. The summed E-state index contributed by atoms with van der Waals surface area (Å²) in [6.07, 6.45) is 2.91. The van der Waals surface area contributed by atoms with Crippen LogP contribution in [0.1, 0.15) is 6.92 Å². The van der Waals surface area contributed by atoms with E-state index in [0.717, 1.165) is 6.54 Å². The van der Waals surface area contributed by atoms with Gasteiger partial charge in [-0.05, 0) is 6.54 Å². The maximum absolute atomic E-state index is 11.4. The number of aromatic nitrogens is 2. The van der Waals surface area contributed by atoms with E-state index in [0.29, 0.717) is 12.2 Å². The Kier molecular flexibility index (Phi) is 3.90. The highest BCUT2D eigenvalue weighted by atomic mass is 32.2. The smallest absolute Gasteiger partial charge is 0.234 e. The average molecular weight is 218 g/mol. The van der Waals surface area contributed by atoms with Gasteiger partial charge >= 0.3 is 0 Å². The van der Waals surface area contributed by atoms with Crippen molar-refractivity contribution >= 4 is 15.7 Å². The van der Waals surface area contributed by atoms with Gasteiger partial charge in [0.2, 0.25) is 10.0 Å². The molecular formula is C7H14N4O2S. The zero-order valence-electron chi connectivity index (χ0n) is 7.95. The minimum absolute atomic E-state index is 0.0615. The first-order chi connectivity index (χ1) is 6.64. The van der Waals surface area contributed by atoms with Crippen molar-refractivity contribution in [1.29, 1.82) is 0 Å². The standard InChI is InChI=1S/C7H14N4O2S/c1-2-8-3-4-14(12,13)11-7-5-9-10-6-7/h5-6,8,11H,2-4H2,1H3,(H,9,10). The first-order valence-corrected chi connectivity index (χ1v) is 5.99. The minimum atomic E-state index is -3.25. The van der Waals surface area contributed by atoms with Gasteiger partial charge in [-0.25, -0.2) is 8.42 Å². The summed E-state index contributed by atoms with van der Waals surface area (Å²) in [5.74, 6) is 0.0615. The Hall–Kier alpha value is -1.08. The van der Waals surface area contributed by atoms with E-state index in [9.17, 15) is 8.42 Å². The van der Waals surface area contributed by atoms with Crippen molar-refractivity contribution in [3.05, 3.63) is 12.4 Å². The summed E-state index contributed by atoms with van der Waals surface area (Å²) in [6.45, 7) is 3.14. The van der Waals surface area contributed by atoms with Gasteiger partial charge in [-0.2, -0.15) is 5.10 Å². The normalized spacial score (nSPS) is 11.5. The maximum Gasteiger partial charge on any atom is 0.234 e. The van der Waals surface area contributed by atoms with Crippen LogP contribution in [0.3, 0.4) is 0 Å². The molecule has 0 atom stereocenters. The van der Waals surface area contributed by atoms with Crippen molar-refractivity contribution in [2.24, 2.45) is 0 Å². The summed E-state index contributed by atoms with van der Waals surface area (Å²) in [7, 11) is -3.25. The summed E-state index contributed by atoms with van der Waals surface area (Å²) >= 11 is 0. The zero-order chi connectivity index (χ0) is 10.4. The molecule has 0 aliphatic rings. The van der Waals surface area contributed by atoms with E-state index in [2.05, 4.69) is 20.2 Å². The Balaban J connectivity index is 2.42. The minimum Gasteiger partial charge on any atom is -0.316 e. The van der Waals surface area contributed by atoms with Crippen molar-refractivity contribution in [2.75, 3.05) is 23.6 Å². The molecule has 7 heteroatoms. The molecular weight excluding hydrogens is 204 g/mol. The van der Waals surface area contributed by atoms with Gasteiger partial charge in [0.1, 0.15) is 0 Å². The molecule has 0 saturated heterocycles. The lowest BCUT2D eigenvalue weighted by molar-refractivity contribution is 0.597. The lowest BCUT2D eigenvalue weighted by Crippen LogP contribution is -2.26. The van der Waals surface area contributed by atoms with Gasteiger partial charge in [-0.15, -0.1) is 0 Å². The summed E-state index contributed by atoms with van der Waals surface area (Å²) < 4.78 is 25.2. The molecule has 1 aromatic heterocycles. The van der Waals surface area contributed by atoms with Gasteiger partial charge in [0.05, 0.1) is 17.6 Å². The van der Waals surface area contributed by atoms with Gasteiger partial charge < -0.3 is 5.32 Å². The highest BCUT2D eigenvalue weighted by Gasteiger charge is 2.09. The molecule has 0 radical (unpaired) electrons. The van der Waals surface area contributed by atoms with Crippen molar-refractivity contribution in [2.45, 2.75) is 6.92 Å². The first kappa shape index (κ1) is 11.0. The van der Waals surface area contributed by atoms with E-state index in [-0.39, 0.29) is 5.75 Å². The third-order valence-electron chi connectivity index (χ3n) is 1.57. The van der Waals surface area contributed by atoms with Gasteiger partial charge in [0, 0.05) is 12.7 Å². The quantitative estimate of drug-likeness (QED) is 0.575. The molecule has 80 valence electrons. The Morgan fingerprint density at radius 2 is 2.36 bits per heavy atom. The monoisotopic (exact) mass is 218 g/mol. The topological polar surface area (TPSA) is 86.9 Å². The van der Waals surface area contributed by atoms with Crippen LogP contribution in [-0.4, -0.2) is 37.5 Å². The van der Waals surface area contributed by atoms with Crippen LogP contribution in [0.4, 0.5) is 5.69 Å². The predicted octanol–water partition coefficient (Wildman–Crippen LogP) is -0.239. The Bertz CT molecular complexity index is 346. The van der Waals surface area contributed by atoms with Crippen molar-refractivity contribution in [3.63, 3.8) is 0 Å². The van der Waals surface area contributed by atoms with Crippen LogP contribution < -0.4 is 10.0 Å². The molecule has 1 aromatic rings. The van der Waals surface area contributed by atoms with Gasteiger partial charge in [-0.3, -0.25) is 9.82 Å². The summed E-state index contributed by atoms with van der Waals surface area (Å²) in [5.41, 5.74) is 0.460. The molecule has 0 bridgehead atoms. The van der Waals surface area contributed by atoms with Gasteiger partial charge in [0.15, 0.2) is 0 Å². The van der Waals surface area contributed by atoms with E-state index in [4.69, 9.17) is 0 Å². The molecule has 0 aliphatic carbocycles. The zero-order valence-corrected chi connectivity index (χ0v) is 8.76. The molecule has 0 amide bonds. The fourth-order valence-corrected chi connectivity index (χ4v) is 1.91. The van der Waals surface area contributed by atoms with Crippen molar-refractivity contribution < 1.29 is 8.42 Å². The molecule has 0 fully saturated rings. The van der Waals surface area contributed by atoms with Crippen LogP contribution in [0.25, 0.3) is 0 Å². The third-order valence-corrected chi connectivity index (χ3v) is 2.86. The Morgan fingerprint density at radius 3 is 2.93 bits per heavy atom. The number of anilines is 1. The fraction of sp³-hybridized carbons (Fsp3) is 0.571. The molecule has 6 nitrogen and oxygen atoms in total. The SMILES string of the molecule is CCNCCS(=O)(=O)Nc1cn[nH]c1. The van der Waals surface area contributed by atoms with Crippen molar-refractivity contribution in [3.8, 4) is 0 Å². The number of hydrogen-bond acceptors (Lipinski definition) is 4. The Labute approximate surface area is 83.1 Å². The van der Waals surface area contributed by atoms with Gasteiger partial charge in [0.25, 0.3) is 0 Å². The molecule has 14 heavy (non-hydrogen) atoms. The number of rotatable bonds is 6.